The number of pyridine rings is 1. The van der Waals surface area contributed by atoms with E-state index in [1.807, 2.05) is 48.0 Å². The van der Waals surface area contributed by atoms with Gasteiger partial charge in [0.05, 0.1) is 0 Å². The summed E-state index contributed by atoms with van der Waals surface area (Å²) in [5.74, 6) is 1.53. The standard InChI is InChI=1S/C17H16N4OS/c1-12(22)15-8-4-3-6-14(15)11-23-17-20-19-16(21(17)2)13-7-5-9-18-10-13/h3-10H,11H2,1-2H3. The van der Waals surface area contributed by atoms with Gasteiger partial charge >= 0.3 is 0 Å². The minimum absolute atomic E-state index is 0.0789. The first-order valence-electron chi connectivity index (χ1n) is 7.18. The number of hydrogen-bond donors (Lipinski definition) is 0. The Balaban J connectivity index is 1.80. The molecule has 0 bridgehead atoms. The second kappa shape index (κ2) is 6.75. The second-order valence-corrected chi connectivity index (χ2v) is 6.05. The first kappa shape index (κ1) is 15.4. The highest BCUT2D eigenvalue weighted by molar-refractivity contribution is 7.98. The van der Waals surface area contributed by atoms with Gasteiger partial charge in [0.15, 0.2) is 16.8 Å². The number of hydrogen-bond acceptors (Lipinski definition) is 5. The fourth-order valence-corrected chi connectivity index (χ4v) is 3.23. The van der Waals surface area contributed by atoms with Gasteiger partial charge in [0, 0.05) is 36.3 Å². The number of benzene rings is 1. The Kier molecular flexibility index (Phi) is 4.52. The summed E-state index contributed by atoms with van der Waals surface area (Å²) >= 11 is 1.56. The fraction of sp³-hybridized carbons (Fsp3) is 0.176. The van der Waals surface area contributed by atoms with Gasteiger partial charge in [-0.05, 0) is 24.6 Å². The molecule has 116 valence electrons. The number of Topliss-reactive ketones (excluding diaryl/α,β-unsaturated/α-hetero) is 1. The van der Waals surface area contributed by atoms with Crippen molar-refractivity contribution in [2.45, 2.75) is 17.8 Å². The van der Waals surface area contributed by atoms with E-state index < -0.39 is 0 Å². The van der Waals surface area contributed by atoms with Gasteiger partial charge in [-0.25, -0.2) is 0 Å². The lowest BCUT2D eigenvalue weighted by Gasteiger charge is -2.07. The van der Waals surface area contributed by atoms with Gasteiger partial charge in [0.25, 0.3) is 0 Å². The van der Waals surface area contributed by atoms with Crippen molar-refractivity contribution in [2.75, 3.05) is 0 Å². The molecule has 0 amide bonds. The van der Waals surface area contributed by atoms with Crippen LogP contribution in [0.1, 0.15) is 22.8 Å². The molecule has 0 aliphatic heterocycles. The molecule has 23 heavy (non-hydrogen) atoms. The first-order valence-corrected chi connectivity index (χ1v) is 8.17. The van der Waals surface area contributed by atoms with Crippen LogP contribution in [0, 0.1) is 0 Å². The fourth-order valence-electron chi connectivity index (χ4n) is 2.32. The van der Waals surface area contributed by atoms with E-state index >= 15 is 0 Å². The molecule has 2 aromatic heterocycles. The zero-order valence-corrected chi connectivity index (χ0v) is 13.7. The van der Waals surface area contributed by atoms with Gasteiger partial charge < -0.3 is 4.57 Å². The van der Waals surface area contributed by atoms with Crippen LogP contribution in [-0.2, 0) is 12.8 Å². The predicted molar refractivity (Wildman–Crippen MR) is 90.2 cm³/mol. The highest BCUT2D eigenvalue weighted by Crippen LogP contribution is 2.26. The van der Waals surface area contributed by atoms with Gasteiger partial charge in [-0.2, -0.15) is 0 Å². The third-order valence-corrected chi connectivity index (χ3v) is 4.58. The number of nitrogens with zero attached hydrogens (tertiary/aromatic N) is 4. The summed E-state index contributed by atoms with van der Waals surface area (Å²) in [7, 11) is 1.93. The SMILES string of the molecule is CC(=O)c1ccccc1CSc1nnc(-c2cccnc2)n1C. The van der Waals surface area contributed by atoms with E-state index in [1.54, 1.807) is 31.1 Å². The molecule has 0 spiro atoms. The lowest BCUT2D eigenvalue weighted by atomic mass is 10.1. The largest absolute Gasteiger partial charge is 0.305 e. The molecule has 0 unspecified atom stereocenters. The van der Waals surface area contributed by atoms with Crippen molar-refractivity contribution in [3.8, 4) is 11.4 Å². The molecule has 0 radical (unpaired) electrons. The molecule has 2 heterocycles. The zero-order chi connectivity index (χ0) is 16.2. The quantitative estimate of drug-likeness (QED) is 0.532. The van der Waals surface area contributed by atoms with E-state index in [-0.39, 0.29) is 5.78 Å². The van der Waals surface area contributed by atoms with E-state index in [9.17, 15) is 4.79 Å². The van der Waals surface area contributed by atoms with Crippen molar-refractivity contribution in [1.82, 2.24) is 19.7 Å². The average Bonchev–Trinajstić information content (AvgIpc) is 2.94. The normalized spacial score (nSPS) is 10.7. The number of carbonyl (C=O) groups excluding carboxylic acids is 1. The number of carbonyl (C=O) groups is 1. The molecule has 3 rings (SSSR count). The summed E-state index contributed by atoms with van der Waals surface area (Å²) in [6.45, 7) is 1.59. The van der Waals surface area contributed by atoms with Crippen molar-refractivity contribution in [1.29, 1.82) is 0 Å². The summed E-state index contributed by atoms with van der Waals surface area (Å²) in [6, 6.07) is 11.5. The van der Waals surface area contributed by atoms with Crippen molar-refractivity contribution in [3.63, 3.8) is 0 Å². The third kappa shape index (κ3) is 3.32. The molecule has 0 aliphatic rings. The monoisotopic (exact) mass is 324 g/mol. The van der Waals surface area contributed by atoms with Crippen LogP contribution in [-0.4, -0.2) is 25.5 Å². The Morgan fingerprint density at radius 3 is 2.74 bits per heavy atom. The Bertz CT molecular complexity index is 830. The highest BCUT2D eigenvalue weighted by atomic mass is 32.2. The zero-order valence-electron chi connectivity index (χ0n) is 12.9. The van der Waals surface area contributed by atoms with Crippen LogP contribution in [0.3, 0.4) is 0 Å². The number of thioether (sulfide) groups is 1. The molecule has 0 fully saturated rings. The van der Waals surface area contributed by atoms with Gasteiger partial charge in [0.1, 0.15) is 0 Å². The van der Waals surface area contributed by atoms with Crippen molar-refractivity contribution >= 4 is 17.5 Å². The maximum absolute atomic E-state index is 11.7. The minimum atomic E-state index is 0.0789. The van der Waals surface area contributed by atoms with E-state index in [1.165, 1.54) is 0 Å². The highest BCUT2D eigenvalue weighted by Gasteiger charge is 2.13. The lowest BCUT2D eigenvalue weighted by molar-refractivity contribution is 0.101. The molecule has 0 saturated heterocycles. The summed E-state index contributed by atoms with van der Waals surface area (Å²) < 4.78 is 1.94. The molecule has 0 N–H and O–H groups in total. The Morgan fingerprint density at radius 2 is 2.00 bits per heavy atom. The van der Waals surface area contributed by atoms with Crippen molar-refractivity contribution in [3.05, 3.63) is 59.9 Å². The lowest BCUT2D eigenvalue weighted by Crippen LogP contribution is -1.99. The minimum Gasteiger partial charge on any atom is -0.305 e. The van der Waals surface area contributed by atoms with Crippen LogP contribution in [0.15, 0.2) is 53.9 Å². The Morgan fingerprint density at radius 1 is 1.17 bits per heavy atom. The topological polar surface area (TPSA) is 60.7 Å². The average molecular weight is 324 g/mol. The van der Waals surface area contributed by atoms with E-state index in [2.05, 4.69) is 15.2 Å². The van der Waals surface area contributed by atoms with Crippen LogP contribution >= 0.6 is 11.8 Å². The van der Waals surface area contributed by atoms with Crippen molar-refractivity contribution < 1.29 is 4.79 Å². The smallest absolute Gasteiger partial charge is 0.191 e. The number of aromatic nitrogens is 4. The van der Waals surface area contributed by atoms with Crippen LogP contribution in [0.4, 0.5) is 0 Å². The predicted octanol–water partition coefficient (Wildman–Crippen LogP) is 3.37. The maximum Gasteiger partial charge on any atom is 0.191 e. The summed E-state index contributed by atoms with van der Waals surface area (Å²) in [5, 5.41) is 9.29. The number of rotatable bonds is 5. The van der Waals surface area contributed by atoms with Crippen LogP contribution < -0.4 is 0 Å². The summed E-state index contributed by atoms with van der Waals surface area (Å²) in [5.41, 5.74) is 2.70. The van der Waals surface area contributed by atoms with Crippen LogP contribution in [0.2, 0.25) is 0 Å². The van der Waals surface area contributed by atoms with E-state index in [4.69, 9.17) is 0 Å². The van der Waals surface area contributed by atoms with Gasteiger partial charge in [-0.3, -0.25) is 9.78 Å². The van der Waals surface area contributed by atoms with Crippen molar-refractivity contribution in [2.24, 2.45) is 7.05 Å². The molecule has 5 nitrogen and oxygen atoms in total. The summed E-state index contributed by atoms with van der Waals surface area (Å²) in [4.78, 5) is 15.8. The molecule has 0 atom stereocenters. The second-order valence-electron chi connectivity index (χ2n) is 5.11. The molecule has 3 aromatic rings. The maximum atomic E-state index is 11.7. The molecule has 6 heteroatoms. The Labute approximate surface area is 138 Å². The molecular weight excluding hydrogens is 308 g/mol. The van der Waals surface area contributed by atoms with Crippen LogP contribution in [0.5, 0.6) is 0 Å². The van der Waals surface area contributed by atoms with Gasteiger partial charge in [0.2, 0.25) is 0 Å². The van der Waals surface area contributed by atoms with Gasteiger partial charge in [-0.1, -0.05) is 36.0 Å². The molecule has 0 saturated carbocycles. The first-order chi connectivity index (χ1) is 11.2. The summed E-state index contributed by atoms with van der Waals surface area (Å²) in [6.07, 6.45) is 3.50. The molecule has 1 aromatic carbocycles. The Hall–Kier alpha value is -2.47. The number of ketones is 1. The van der Waals surface area contributed by atoms with Gasteiger partial charge in [-0.15, -0.1) is 10.2 Å². The molecule has 0 aliphatic carbocycles. The third-order valence-electron chi connectivity index (χ3n) is 3.51. The van der Waals surface area contributed by atoms with Crippen LogP contribution in [0.25, 0.3) is 11.4 Å². The van der Waals surface area contributed by atoms with E-state index in [0.29, 0.717) is 5.75 Å². The molecular formula is C17H16N4OS. The van der Waals surface area contributed by atoms with E-state index in [0.717, 1.165) is 27.7 Å².